The number of hydrogen-bond donors (Lipinski definition) is 2. The fourth-order valence-electron chi connectivity index (χ4n) is 1.52. The van der Waals surface area contributed by atoms with Crippen molar-refractivity contribution in [2.75, 3.05) is 11.9 Å². The van der Waals surface area contributed by atoms with Crippen LogP contribution in [0, 0.1) is 6.92 Å². The number of hydrogen-bond acceptors (Lipinski definition) is 4. The third kappa shape index (κ3) is 6.10. The number of ether oxygens (including phenoxy) is 1. The largest absolute Gasteiger partial charge is 0.444 e. The van der Waals surface area contributed by atoms with Gasteiger partial charge in [-0.1, -0.05) is 11.6 Å². The highest BCUT2D eigenvalue weighted by atomic mass is 35.5. The second-order valence-corrected chi connectivity index (χ2v) is 6.12. The van der Waals surface area contributed by atoms with E-state index in [0.29, 0.717) is 11.7 Å². The van der Waals surface area contributed by atoms with Gasteiger partial charge in [0, 0.05) is 12.6 Å². The molecule has 0 aliphatic carbocycles. The summed E-state index contributed by atoms with van der Waals surface area (Å²) in [6, 6.07) is 1.96. The standard InChI is InChI=1S/C14H22ClN3O2/c1-9-6-11(8-16-12(9)15)18-10(2)7-17-13(19)20-14(3,4)5/h6,8,10,18H,7H2,1-5H3,(H,17,19). The molecule has 0 spiro atoms. The van der Waals surface area contributed by atoms with Gasteiger partial charge < -0.3 is 15.4 Å². The summed E-state index contributed by atoms with van der Waals surface area (Å²) in [6.07, 6.45) is 1.25. The number of aryl methyl sites for hydroxylation is 1. The first-order chi connectivity index (χ1) is 9.17. The Morgan fingerprint density at radius 3 is 2.70 bits per heavy atom. The molecule has 0 bridgehead atoms. The van der Waals surface area contributed by atoms with Crippen LogP contribution in [0.5, 0.6) is 0 Å². The predicted octanol–water partition coefficient (Wildman–Crippen LogP) is 3.37. The summed E-state index contributed by atoms with van der Waals surface area (Å²) in [6.45, 7) is 9.80. The molecule has 0 radical (unpaired) electrons. The van der Waals surface area contributed by atoms with Crippen LogP contribution < -0.4 is 10.6 Å². The first kappa shape index (κ1) is 16.6. The van der Waals surface area contributed by atoms with E-state index in [1.54, 1.807) is 6.20 Å². The molecule has 5 nitrogen and oxygen atoms in total. The number of nitrogens with zero attached hydrogens (tertiary/aromatic N) is 1. The highest BCUT2D eigenvalue weighted by Crippen LogP contribution is 2.16. The molecule has 0 aliphatic heterocycles. The Morgan fingerprint density at radius 1 is 1.50 bits per heavy atom. The van der Waals surface area contributed by atoms with E-state index in [0.717, 1.165) is 11.3 Å². The summed E-state index contributed by atoms with van der Waals surface area (Å²) in [5, 5.41) is 6.45. The molecule has 6 heteroatoms. The van der Waals surface area contributed by atoms with Gasteiger partial charge in [-0.2, -0.15) is 0 Å². The molecular formula is C14H22ClN3O2. The molecule has 1 rings (SSSR count). The molecule has 2 N–H and O–H groups in total. The summed E-state index contributed by atoms with van der Waals surface area (Å²) < 4.78 is 5.17. The lowest BCUT2D eigenvalue weighted by atomic mass is 10.2. The number of amides is 1. The quantitative estimate of drug-likeness (QED) is 0.837. The molecule has 0 fully saturated rings. The van der Waals surface area contributed by atoms with Gasteiger partial charge in [0.2, 0.25) is 0 Å². The van der Waals surface area contributed by atoms with Crippen molar-refractivity contribution in [1.82, 2.24) is 10.3 Å². The number of halogens is 1. The van der Waals surface area contributed by atoms with Gasteiger partial charge >= 0.3 is 6.09 Å². The van der Waals surface area contributed by atoms with E-state index in [2.05, 4.69) is 15.6 Å². The molecular weight excluding hydrogens is 278 g/mol. The van der Waals surface area contributed by atoms with Crippen molar-refractivity contribution in [1.29, 1.82) is 0 Å². The highest BCUT2D eigenvalue weighted by molar-refractivity contribution is 6.30. The minimum Gasteiger partial charge on any atom is -0.444 e. The maximum atomic E-state index is 11.5. The van der Waals surface area contributed by atoms with Crippen LogP contribution >= 0.6 is 11.6 Å². The molecule has 1 atom stereocenters. The highest BCUT2D eigenvalue weighted by Gasteiger charge is 2.16. The number of carbonyl (C=O) groups excluding carboxylic acids is 1. The first-order valence-electron chi connectivity index (χ1n) is 6.53. The van der Waals surface area contributed by atoms with Crippen LogP contribution in [0.3, 0.4) is 0 Å². The second-order valence-electron chi connectivity index (χ2n) is 5.76. The van der Waals surface area contributed by atoms with E-state index < -0.39 is 11.7 Å². The minimum atomic E-state index is -0.488. The van der Waals surface area contributed by atoms with Crippen molar-refractivity contribution >= 4 is 23.4 Å². The summed E-state index contributed by atoms with van der Waals surface area (Å²) in [7, 11) is 0. The Labute approximate surface area is 125 Å². The van der Waals surface area contributed by atoms with Crippen molar-refractivity contribution in [2.24, 2.45) is 0 Å². The van der Waals surface area contributed by atoms with Gasteiger partial charge in [0.15, 0.2) is 0 Å². The van der Waals surface area contributed by atoms with E-state index >= 15 is 0 Å². The Bertz CT molecular complexity index is 472. The average Bonchev–Trinajstić information content (AvgIpc) is 2.29. The zero-order valence-electron chi connectivity index (χ0n) is 12.6. The number of anilines is 1. The summed E-state index contributed by atoms with van der Waals surface area (Å²) in [5.74, 6) is 0. The predicted molar refractivity (Wildman–Crippen MR) is 81.3 cm³/mol. The number of aromatic nitrogens is 1. The van der Waals surface area contributed by atoms with Crippen LogP contribution in [0.25, 0.3) is 0 Å². The SMILES string of the molecule is Cc1cc(NC(C)CNC(=O)OC(C)(C)C)cnc1Cl. The second kappa shape index (κ2) is 6.79. The van der Waals surface area contributed by atoms with Gasteiger partial charge in [0.1, 0.15) is 10.8 Å². The third-order valence-corrected chi connectivity index (χ3v) is 2.77. The molecule has 112 valence electrons. The Morgan fingerprint density at radius 2 is 2.15 bits per heavy atom. The van der Waals surface area contributed by atoms with E-state index in [9.17, 15) is 4.79 Å². The van der Waals surface area contributed by atoms with Crippen molar-refractivity contribution in [3.05, 3.63) is 23.0 Å². The van der Waals surface area contributed by atoms with Crippen molar-refractivity contribution < 1.29 is 9.53 Å². The van der Waals surface area contributed by atoms with Crippen LogP contribution in [-0.2, 0) is 4.74 Å². The zero-order chi connectivity index (χ0) is 15.3. The summed E-state index contributed by atoms with van der Waals surface area (Å²) in [4.78, 5) is 15.6. The third-order valence-electron chi connectivity index (χ3n) is 2.38. The average molecular weight is 300 g/mol. The monoisotopic (exact) mass is 299 g/mol. The Balaban J connectivity index is 2.42. The fourth-order valence-corrected chi connectivity index (χ4v) is 1.63. The smallest absolute Gasteiger partial charge is 0.407 e. The molecule has 0 saturated heterocycles. The summed E-state index contributed by atoms with van der Waals surface area (Å²) >= 11 is 5.87. The minimum absolute atomic E-state index is 0.0462. The first-order valence-corrected chi connectivity index (χ1v) is 6.90. The van der Waals surface area contributed by atoms with E-state index in [4.69, 9.17) is 16.3 Å². The molecule has 20 heavy (non-hydrogen) atoms. The Hall–Kier alpha value is -1.49. The molecule has 1 aromatic rings. The van der Waals surface area contributed by atoms with Crippen LogP contribution in [-0.4, -0.2) is 29.3 Å². The molecule has 0 aliphatic rings. The zero-order valence-corrected chi connectivity index (χ0v) is 13.3. The van der Waals surface area contributed by atoms with Crippen molar-refractivity contribution in [2.45, 2.75) is 46.3 Å². The van der Waals surface area contributed by atoms with Crippen LogP contribution in [0.2, 0.25) is 5.15 Å². The van der Waals surface area contributed by atoms with Crippen molar-refractivity contribution in [3.63, 3.8) is 0 Å². The van der Waals surface area contributed by atoms with Crippen LogP contribution in [0.15, 0.2) is 12.3 Å². The van der Waals surface area contributed by atoms with Gasteiger partial charge in [-0.25, -0.2) is 9.78 Å². The maximum absolute atomic E-state index is 11.5. The lowest BCUT2D eigenvalue weighted by molar-refractivity contribution is 0.0526. The van der Waals surface area contributed by atoms with Gasteiger partial charge in [0.05, 0.1) is 11.9 Å². The van der Waals surface area contributed by atoms with E-state index in [1.807, 2.05) is 40.7 Å². The molecule has 1 amide bonds. The van der Waals surface area contributed by atoms with Gasteiger partial charge in [0.25, 0.3) is 0 Å². The number of alkyl carbamates (subject to hydrolysis) is 1. The molecule has 0 saturated carbocycles. The lowest BCUT2D eigenvalue weighted by Gasteiger charge is -2.21. The number of nitrogens with one attached hydrogen (secondary N) is 2. The van der Waals surface area contributed by atoms with E-state index in [1.165, 1.54) is 0 Å². The molecule has 1 unspecified atom stereocenters. The van der Waals surface area contributed by atoms with Crippen LogP contribution in [0.4, 0.5) is 10.5 Å². The fraction of sp³-hybridized carbons (Fsp3) is 0.571. The molecule has 0 aromatic carbocycles. The van der Waals surface area contributed by atoms with E-state index in [-0.39, 0.29) is 6.04 Å². The molecule has 1 heterocycles. The normalized spacial score (nSPS) is 12.7. The Kier molecular flexibility index (Phi) is 5.62. The van der Waals surface area contributed by atoms with Gasteiger partial charge in [-0.05, 0) is 46.2 Å². The number of pyridine rings is 1. The molecule has 1 aromatic heterocycles. The van der Waals surface area contributed by atoms with Crippen molar-refractivity contribution in [3.8, 4) is 0 Å². The lowest BCUT2D eigenvalue weighted by Crippen LogP contribution is -2.38. The van der Waals surface area contributed by atoms with Gasteiger partial charge in [-0.15, -0.1) is 0 Å². The van der Waals surface area contributed by atoms with Crippen LogP contribution in [0.1, 0.15) is 33.3 Å². The number of carbonyl (C=O) groups is 1. The van der Waals surface area contributed by atoms with Gasteiger partial charge in [-0.3, -0.25) is 0 Å². The topological polar surface area (TPSA) is 63.2 Å². The number of rotatable bonds is 4. The summed E-state index contributed by atoms with van der Waals surface area (Å²) in [5.41, 5.74) is 1.28. The maximum Gasteiger partial charge on any atom is 0.407 e.